The van der Waals surface area contributed by atoms with E-state index < -0.39 is 5.97 Å². The van der Waals surface area contributed by atoms with Gasteiger partial charge in [-0.05, 0) is 12.8 Å². The Labute approximate surface area is 153 Å². The maximum Gasteiger partial charge on any atom is 0.300 e. The topological polar surface area (TPSA) is 105 Å². The summed E-state index contributed by atoms with van der Waals surface area (Å²) in [5.41, 5.74) is 0. The summed E-state index contributed by atoms with van der Waals surface area (Å²) in [5.74, 6) is -0.833. The zero-order valence-corrected chi connectivity index (χ0v) is 16.4. The van der Waals surface area contributed by atoms with E-state index in [1.54, 1.807) is 0 Å². The molecule has 0 aliphatic rings. The lowest BCUT2D eigenvalue weighted by atomic mass is 10.2. The molecular formula is C18H40O7. The van der Waals surface area contributed by atoms with Crippen molar-refractivity contribution in [3.8, 4) is 0 Å². The van der Waals surface area contributed by atoms with Gasteiger partial charge in [-0.1, -0.05) is 39.5 Å². The fraction of sp³-hybridized carbons (Fsp3) is 0.944. The summed E-state index contributed by atoms with van der Waals surface area (Å²) in [6.07, 6.45) is 7.68. The molecule has 0 aromatic carbocycles. The van der Waals surface area contributed by atoms with Crippen molar-refractivity contribution in [2.24, 2.45) is 0 Å². The summed E-state index contributed by atoms with van der Waals surface area (Å²) < 4.78 is 15.2. The minimum absolute atomic E-state index is 0.0417. The highest BCUT2D eigenvalue weighted by atomic mass is 16.5. The number of hydrogen-bond acceptors (Lipinski definition) is 6. The fourth-order valence-electron chi connectivity index (χ4n) is 1.46. The molecule has 0 aromatic heterocycles. The average molecular weight is 369 g/mol. The Kier molecular flexibility index (Phi) is 36.1. The van der Waals surface area contributed by atoms with E-state index >= 15 is 0 Å². The van der Waals surface area contributed by atoms with Gasteiger partial charge in [-0.15, -0.1) is 0 Å². The number of ether oxygens (including phenoxy) is 3. The predicted molar refractivity (Wildman–Crippen MR) is 99.0 cm³/mol. The fourth-order valence-corrected chi connectivity index (χ4v) is 1.46. The molecule has 7 heteroatoms. The molecule has 0 aromatic rings. The molecule has 7 nitrogen and oxygen atoms in total. The van der Waals surface area contributed by atoms with Crippen LogP contribution in [-0.2, 0) is 19.0 Å². The van der Waals surface area contributed by atoms with E-state index in [9.17, 15) is 0 Å². The van der Waals surface area contributed by atoms with Gasteiger partial charge in [0.1, 0.15) is 0 Å². The molecule has 25 heavy (non-hydrogen) atoms. The van der Waals surface area contributed by atoms with Crippen LogP contribution in [0.15, 0.2) is 0 Å². The highest BCUT2D eigenvalue weighted by molar-refractivity contribution is 5.62. The lowest BCUT2D eigenvalue weighted by Crippen LogP contribution is -2.09. The third kappa shape index (κ3) is 51.7. The smallest absolute Gasteiger partial charge is 0.300 e. The van der Waals surface area contributed by atoms with E-state index in [0.29, 0.717) is 26.4 Å². The van der Waals surface area contributed by atoms with Crippen molar-refractivity contribution in [3.63, 3.8) is 0 Å². The van der Waals surface area contributed by atoms with Gasteiger partial charge in [0, 0.05) is 20.1 Å². The van der Waals surface area contributed by atoms with Crippen molar-refractivity contribution >= 4 is 5.97 Å². The molecule has 0 saturated carbocycles. The van der Waals surface area contributed by atoms with Gasteiger partial charge < -0.3 is 29.5 Å². The minimum Gasteiger partial charge on any atom is -0.481 e. The molecule has 0 aliphatic heterocycles. The molecule has 3 N–H and O–H groups in total. The van der Waals surface area contributed by atoms with Crippen molar-refractivity contribution in [2.75, 3.05) is 52.9 Å². The lowest BCUT2D eigenvalue weighted by Gasteiger charge is -2.01. The van der Waals surface area contributed by atoms with Crippen LogP contribution in [0.25, 0.3) is 0 Å². The zero-order chi connectivity index (χ0) is 19.6. The number of rotatable bonds is 15. The molecule has 0 radical (unpaired) electrons. The summed E-state index contributed by atoms with van der Waals surface area (Å²) in [6.45, 7) is 9.19. The Morgan fingerprint density at radius 1 is 0.680 bits per heavy atom. The molecule has 0 amide bonds. The van der Waals surface area contributed by atoms with Gasteiger partial charge in [-0.25, -0.2) is 0 Å². The maximum absolute atomic E-state index is 9.00. The van der Waals surface area contributed by atoms with Gasteiger partial charge in [0.2, 0.25) is 0 Å². The molecule has 0 unspecified atom stereocenters. The van der Waals surface area contributed by atoms with Gasteiger partial charge in [0.25, 0.3) is 5.97 Å². The lowest BCUT2D eigenvalue weighted by molar-refractivity contribution is -0.134. The number of carboxylic acids is 1. The standard InChI is InChI=1S/C10H22O.C6H14O4.C2H4O2/c1-3-5-7-9-11-10-8-6-4-2;7-1-3-9-5-6-10-4-2-8;1-2(3)4/h3-10H2,1-2H3;7-8H,1-6H2;1H3,(H,3,4). The number of aliphatic hydroxyl groups excluding tert-OH is 2. The van der Waals surface area contributed by atoms with Crippen LogP contribution in [0.4, 0.5) is 0 Å². The number of carbonyl (C=O) groups is 1. The SMILES string of the molecule is CC(=O)O.CCCCCOCCCCC.OCCOCCOCCO. The van der Waals surface area contributed by atoms with Crippen molar-refractivity contribution in [1.29, 1.82) is 0 Å². The second kappa shape index (κ2) is 31.1. The number of aliphatic hydroxyl groups is 2. The van der Waals surface area contributed by atoms with E-state index in [1.807, 2.05) is 0 Å². The van der Waals surface area contributed by atoms with Gasteiger partial charge >= 0.3 is 0 Å². The van der Waals surface area contributed by atoms with Gasteiger partial charge in [0.15, 0.2) is 0 Å². The Morgan fingerprint density at radius 2 is 1.00 bits per heavy atom. The molecule has 0 bridgehead atoms. The Balaban J connectivity index is -0.000000321. The average Bonchev–Trinajstić information content (AvgIpc) is 2.57. The molecule has 0 rings (SSSR count). The van der Waals surface area contributed by atoms with Gasteiger partial charge in [-0.2, -0.15) is 0 Å². The summed E-state index contributed by atoms with van der Waals surface area (Å²) in [7, 11) is 0. The van der Waals surface area contributed by atoms with Crippen molar-refractivity contribution in [1.82, 2.24) is 0 Å². The summed E-state index contributed by atoms with van der Waals surface area (Å²) >= 11 is 0. The van der Waals surface area contributed by atoms with Crippen LogP contribution in [0.1, 0.15) is 59.3 Å². The van der Waals surface area contributed by atoms with Crippen LogP contribution < -0.4 is 0 Å². The first-order valence-corrected chi connectivity index (χ1v) is 9.21. The third-order valence-corrected chi connectivity index (χ3v) is 2.63. The normalized spacial score (nSPS) is 9.64. The largest absolute Gasteiger partial charge is 0.481 e. The quantitative estimate of drug-likeness (QED) is 0.381. The predicted octanol–water partition coefficient (Wildman–Crippen LogP) is 2.48. The number of carboxylic acid groups (broad SMARTS) is 1. The third-order valence-electron chi connectivity index (χ3n) is 2.63. The number of hydrogen-bond donors (Lipinski definition) is 3. The van der Waals surface area contributed by atoms with Crippen LogP contribution in [0.3, 0.4) is 0 Å². The second-order valence-corrected chi connectivity index (χ2v) is 5.22. The summed E-state index contributed by atoms with van der Waals surface area (Å²) in [4.78, 5) is 9.00. The summed E-state index contributed by atoms with van der Waals surface area (Å²) in [6, 6.07) is 0. The van der Waals surface area contributed by atoms with E-state index in [-0.39, 0.29) is 13.2 Å². The molecule has 0 fully saturated rings. The molecule has 0 saturated heterocycles. The van der Waals surface area contributed by atoms with Crippen LogP contribution >= 0.6 is 0 Å². The van der Waals surface area contributed by atoms with E-state index in [2.05, 4.69) is 13.8 Å². The molecule has 0 atom stereocenters. The number of aliphatic carboxylic acids is 1. The van der Waals surface area contributed by atoms with Gasteiger partial charge in [0.05, 0.1) is 39.6 Å². The molecule has 0 aliphatic carbocycles. The van der Waals surface area contributed by atoms with Crippen LogP contribution in [0, 0.1) is 0 Å². The van der Waals surface area contributed by atoms with Gasteiger partial charge in [-0.3, -0.25) is 4.79 Å². The molecule has 154 valence electrons. The molecule has 0 heterocycles. The van der Waals surface area contributed by atoms with Crippen LogP contribution in [-0.4, -0.2) is 74.1 Å². The molecule has 0 spiro atoms. The highest BCUT2D eigenvalue weighted by Crippen LogP contribution is 1.97. The first-order valence-electron chi connectivity index (χ1n) is 9.21. The first kappa shape index (κ1) is 29.0. The Bertz CT molecular complexity index is 205. The second-order valence-electron chi connectivity index (χ2n) is 5.22. The van der Waals surface area contributed by atoms with Crippen molar-refractivity contribution in [3.05, 3.63) is 0 Å². The maximum atomic E-state index is 9.00. The first-order chi connectivity index (χ1) is 12.1. The minimum atomic E-state index is -0.833. The highest BCUT2D eigenvalue weighted by Gasteiger charge is 1.88. The number of unbranched alkanes of at least 4 members (excludes halogenated alkanes) is 4. The monoisotopic (exact) mass is 368 g/mol. The molecular weight excluding hydrogens is 328 g/mol. The van der Waals surface area contributed by atoms with Crippen molar-refractivity contribution in [2.45, 2.75) is 59.3 Å². The summed E-state index contributed by atoms with van der Waals surface area (Å²) in [5, 5.41) is 23.9. The van der Waals surface area contributed by atoms with E-state index in [4.69, 9.17) is 34.3 Å². The van der Waals surface area contributed by atoms with E-state index in [1.165, 1.54) is 38.5 Å². The van der Waals surface area contributed by atoms with Crippen LogP contribution in [0.2, 0.25) is 0 Å². The Hall–Kier alpha value is -0.730. The van der Waals surface area contributed by atoms with Crippen molar-refractivity contribution < 1.29 is 34.3 Å². The van der Waals surface area contributed by atoms with E-state index in [0.717, 1.165) is 20.1 Å². The van der Waals surface area contributed by atoms with Crippen LogP contribution in [0.5, 0.6) is 0 Å². The Morgan fingerprint density at radius 3 is 1.28 bits per heavy atom. The zero-order valence-electron chi connectivity index (χ0n) is 16.4.